The van der Waals surface area contributed by atoms with Crippen LogP contribution in [0.2, 0.25) is 5.02 Å². The molecule has 0 N–H and O–H groups in total. The predicted octanol–water partition coefficient (Wildman–Crippen LogP) is 3.72. The van der Waals surface area contributed by atoms with Crippen molar-refractivity contribution in [3.63, 3.8) is 0 Å². The molecule has 6 rings (SSSR count). The lowest BCUT2D eigenvalue weighted by Gasteiger charge is -2.30. The SMILES string of the molecule is CC(=O)c1ccc(N2C(=O)[C@@H]3[C@H]4C[C@@H]([C@H]5ON=C(c6ccccc6Cl)[C@@H]45)[C@H]3C2=O)cc1. The van der Waals surface area contributed by atoms with E-state index in [9.17, 15) is 14.4 Å². The van der Waals surface area contributed by atoms with Gasteiger partial charge in [-0.15, -0.1) is 0 Å². The normalized spacial score (nSPS) is 32.7. The number of rotatable bonds is 3. The molecule has 4 aliphatic rings. The third kappa shape index (κ3) is 2.45. The third-order valence-corrected chi connectivity index (χ3v) is 7.70. The van der Waals surface area contributed by atoms with Crippen LogP contribution in [0.1, 0.15) is 29.3 Å². The fourth-order valence-corrected chi connectivity index (χ4v) is 6.35. The maximum atomic E-state index is 13.4. The molecule has 2 aliphatic heterocycles. The predicted molar refractivity (Wildman–Crippen MR) is 114 cm³/mol. The topological polar surface area (TPSA) is 76.0 Å². The van der Waals surface area contributed by atoms with Crippen molar-refractivity contribution in [1.29, 1.82) is 0 Å². The minimum Gasteiger partial charge on any atom is -0.391 e. The standard InChI is InChI=1S/C24H19ClN2O4/c1-11(28)12-6-8-13(9-7-12)27-23(29)18-15-10-16(19(18)24(27)30)22-20(15)21(26-31-22)14-4-2-3-5-17(14)25/h2-9,15-16,18-20,22H,10H2,1H3/t15-,16-,18-,19-,20-,22-/m1/s1. The summed E-state index contributed by atoms with van der Waals surface area (Å²) in [4.78, 5) is 45.4. The zero-order valence-electron chi connectivity index (χ0n) is 16.7. The monoisotopic (exact) mass is 434 g/mol. The molecule has 0 spiro atoms. The molecule has 0 unspecified atom stereocenters. The molecule has 2 saturated carbocycles. The second kappa shape index (κ2) is 6.50. The van der Waals surface area contributed by atoms with Crippen molar-refractivity contribution in [2.75, 3.05) is 4.90 Å². The number of hydrogen-bond donors (Lipinski definition) is 0. The molecule has 0 radical (unpaired) electrons. The maximum Gasteiger partial charge on any atom is 0.238 e. The Morgan fingerprint density at radius 3 is 2.35 bits per heavy atom. The largest absolute Gasteiger partial charge is 0.391 e. The van der Waals surface area contributed by atoms with Gasteiger partial charge in [-0.25, -0.2) is 0 Å². The number of fused-ring (bicyclic) bond motifs is 8. The van der Waals surface area contributed by atoms with Gasteiger partial charge in [-0.2, -0.15) is 0 Å². The first-order valence-electron chi connectivity index (χ1n) is 10.4. The number of carbonyl (C=O) groups is 3. The first-order valence-corrected chi connectivity index (χ1v) is 10.8. The van der Waals surface area contributed by atoms with E-state index in [2.05, 4.69) is 5.16 Å². The minimum atomic E-state index is -0.382. The molecule has 7 heteroatoms. The van der Waals surface area contributed by atoms with Gasteiger partial charge in [-0.3, -0.25) is 19.3 Å². The van der Waals surface area contributed by atoms with E-state index >= 15 is 0 Å². The summed E-state index contributed by atoms with van der Waals surface area (Å²) in [5.74, 6) is -1.24. The van der Waals surface area contributed by atoms with E-state index in [0.29, 0.717) is 16.3 Å². The Balaban J connectivity index is 1.34. The molecule has 0 aromatic heterocycles. The molecule has 156 valence electrons. The highest BCUT2D eigenvalue weighted by Gasteiger charge is 2.70. The van der Waals surface area contributed by atoms with E-state index in [1.165, 1.54) is 11.8 Å². The highest BCUT2D eigenvalue weighted by Crippen LogP contribution is 2.62. The van der Waals surface area contributed by atoms with Crippen LogP contribution in [0.15, 0.2) is 53.7 Å². The summed E-state index contributed by atoms with van der Waals surface area (Å²) in [7, 11) is 0. The summed E-state index contributed by atoms with van der Waals surface area (Å²) in [5.41, 5.74) is 2.67. The lowest BCUT2D eigenvalue weighted by Crippen LogP contribution is -2.41. The first kappa shape index (κ1) is 18.8. The van der Waals surface area contributed by atoms with E-state index in [1.54, 1.807) is 24.3 Å². The van der Waals surface area contributed by atoms with Crippen molar-refractivity contribution in [3.05, 3.63) is 64.7 Å². The van der Waals surface area contributed by atoms with Crippen LogP contribution < -0.4 is 4.90 Å². The summed E-state index contributed by atoms with van der Waals surface area (Å²) in [6.45, 7) is 1.49. The molecule has 31 heavy (non-hydrogen) atoms. The molecule has 2 aromatic rings. The molecule has 2 aromatic carbocycles. The Kier molecular flexibility index (Phi) is 3.93. The Morgan fingerprint density at radius 1 is 1.00 bits per heavy atom. The van der Waals surface area contributed by atoms with E-state index < -0.39 is 0 Å². The van der Waals surface area contributed by atoms with Crippen molar-refractivity contribution in [3.8, 4) is 0 Å². The van der Waals surface area contributed by atoms with Gasteiger partial charge in [-0.1, -0.05) is 35.0 Å². The maximum absolute atomic E-state index is 13.4. The van der Waals surface area contributed by atoms with Crippen molar-refractivity contribution in [1.82, 2.24) is 0 Å². The summed E-state index contributed by atoms with van der Waals surface area (Å²) in [6.07, 6.45) is 0.581. The second-order valence-corrected chi connectivity index (χ2v) is 9.19. The number of Topliss-reactive ketones (excluding diaryl/α,β-unsaturated/α-hetero) is 1. The number of oxime groups is 1. The van der Waals surface area contributed by atoms with Gasteiger partial charge >= 0.3 is 0 Å². The van der Waals surface area contributed by atoms with E-state index in [1.807, 2.05) is 24.3 Å². The van der Waals surface area contributed by atoms with Crippen molar-refractivity contribution >= 4 is 40.6 Å². The number of anilines is 1. The second-order valence-electron chi connectivity index (χ2n) is 8.78. The van der Waals surface area contributed by atoms with E-state index in [4.69, 9.17) is 16.4 Å². The number of benzene rings is 2. The fraction of sp³-hybridized carbons (Fsp3) is 0.333. The van der Waals surface area contributed by atoms with Crippen LogP contribution in [0.3, 0.4) is 0 Å². The molecule has 2 heterocycles. The number of imide groups is 1. The Bertz CT molecular complexity index is 1170. The fourth-order valence-electron chi connectivity index (χ4n) is 6.12. The van der Waals surface area contributed by atoms with Gasteiger partial charge in [0.2, 0.25) is 11.8 Å². The Morgan fingerprint density at radius 2 is 1.68 bits per heavy atom. The van der Waals surface area contributed by atoms with Gasteiger partial charge in [0.1, 0.15) is 6.10 Å². The smallest absolute Gasteiger partial charge is 0.238 e. The van der Waals surface area contributed by atoms with Gasteiger partial charge in [0.15, 0.2) is 5.78 Å². The average Bonchev–Trinajstić information content (AvgIpc) is 3.49. The van der Waals surface area contributed by atoms with Crippen LogP contribution in [0.4, 0.5) is 5.69 Å². The van der Waals surface area contributed by atoms with Crippen LogP contribution in [0, 0.1) is 29.6 Å². The van der Waals surface area contributed by atoms with E-state index in [0.717, 1.165) is 17.7 Å². The number of hydrogen-bond acceptors (Lipinski definition) is 5. The van der Waals surface area contributed by atoms with Gasteiger partial charge in [-0.05, 0) is 49.6 Å². The minimum absolute atomic E-state index is 0.00420. The van der Waals surface area contributed by atoms with Crippen LogP contribution >= 0.6 is 11.6 Å². The number of carbonyl (C=O) groups excluding carboxylic acids is 3. The molecule has 2 bridgehead atoms. The molecule has 2 aliphatic carbocycles. The molecular formula is C24H19ClN2O4. The third-order valence-electron chi connectivity index (χ3n) is 7.37. The van der Waals surface area contributed by atoms with Gasteiger partial charge < -0.3 is 4.84 Å². The quantitative estimate of drug-likeness (QED) is 0.545. The van der Waals surface area contributed by atoms with Crippen molar-refractivity contribution < 1.29 is 19.2 Å². The zero-order chi connectivity index (χ0) is 21.4. The molecular weight excluding hydrogens is 416 g/mol. The van der Waals surface area contributed by atoms with Crippen LogP contribution in [0.5, 0.6) is 0 Å². The molecule has 2 amide bonds. The summed E-state index contributed by atoms with van der Waals surface area (Å²) in [6, 6.07) is 14.2. The van der Waals surface area contributed by atoms with Crippen molar-refractivity contribution in [2.45, 2.75) is 19.4 Å². The van der Waals surface area contributed by atoms with E-state index in [-0.39, 0.29) is 53.3 Å². The lowest BCUT2D eigenvalue weighted by atomic mass is 9.71. The number of halogens is 1. The number of amides is 2. The Hall–Kier alpha value is -2.99. The molecule has 3 fully saturated rings. The molecule has 6 nitrogen and oxygen atoms in total. The molecule has 1 saturated heterocycles. The molecule has 6 atom stereocenters. The first-order chi connectivity index (χ1) is 15.0. The highest BCUT2D eigenvalue weighted by atomic mass is 35.5. The average molecular weight is 435 g/mol. The van der Waals surface area contributed by atoms with Gasteiger partial charge in [0.05, 0.1) is 23.2 Å². The van der Waals surface area contributed by atoms with Crippen LogP contribution in [-0.4, -0.2) is 29.4 Å². The lowest BCUT2D eigenvalue weighted by molar-refractivity contribution is -0.125. The van der Waals surface area contributed by atoms with Gasteiger partial charge in [0, 0.05) is 28.0 Å². The van der Waals surface area contributed by atoms with Gasteiger partial charge in [0.25, 0.3) is 0 Å². The summed E-state index contributed by atoms with van der Waals surface area (Å²) >= 11 is 6.41. The Labute approximate surface area is 183 Å². The number of nitrogens with zero attached hydrogens (tertiary/aromatic N) is 2. The highest BCUT2D eigenvalue weighted by molar-refractivity contribution is 6.34. The van der Waals surface area contributed by atoms with Crippen LogP contribution in [0.25, 0.3) is 0 Å². The zero-order valence-corrected chi connectivity index (χ0v) is 17.5. The number of ketones is 1. The van der Waals surface area contributed by atoms with Crippen LogP contribution in [-0.2, 0) is 14.4 Å². The summed E-state index contributed by atoms with van der Waals surface area (Å²) in [5, 5.41) is 4.94. The summed E-state index contributed by atoms with van der Waals surface area (Å²) < 4.78 is 0. The van der Waals surface area contributed by atoms with Crippen molar-refractivity contribution in [2.24, 2.45) is 34.7 Å².